The van der Waals surface area contributed by atoms with Crippen LogP contribution in [0, 0.1) is 0 Å². The van der Waals surface area contributed by atoms with Crippen LogP contribution < -0.4 is 5.32 Å². The maximum absolute atomic E-state index is 11.1. The molecule has 3 nitrogen and oxygen atoms in total. The molecule has 1 rings (SSSR count). The van der Waals surface area contributed by atoms with Gasteiger partial charge < -0.3 is 10.1 Å². The average Bonchev–Trinajstić information content (AvgIpc) is 1.74. The van der Waals surface area contributed by atoms with Crippen molar-refractivity contribution in [2.75, 3.05) is 0 Å². The summed E-state index contributed by atoms with van der Waals surface area (Å²) >= 11 is 0. The molecule has 12 heavy (non-hydrogen) atoms. The van der Waals surface area contributed by atoms with Crippen molar-refractivity contribution in [3.05, 3.63) is 0 Å². The molecule has 0 unspecified atom stereocenters. The molecule has 1 aliphatic rings. The van der Waals surface area contributed by atoms with Crippen LogP contribution in [0.3, 0.4) is 0 Å². The Hall–Kier alpha value is -0.730. The highest BCUT2D eigenvalue weighted by molar-refractivity contribution is 5.68. The standard InChI is InChI=1S/C9H17NO2/c1-9(2,3)10-8(11)12-7-5-4-6-7/h7H,4-6H2,1-3H3,(H,10,11). The number of ether oxygens (including phenoxy) is 1. The number of carbonyl (C=O) groups is 1. The van der Waals surface area contributed by atoms with Gasteiger partial charge in [-0.25, -0.2) is 4.79 Å². The topological polar surface area (TPSA) is 38.3 Å². The van der Waals surface area contributed by atoms with Crippen molar-refractivity contribution >= 4 is 6.09 Å². The summed E-state index contributed by atoms with van der Waals surface area (Å²) in [7, 11) is 0. The Morgan fingerprint density at radius 2 is 2.00 bits per heavy atom. The average molecular weight is 171 g/mol. The van der Waals surface area contributed by atoms with Crippen molar-refractivity contribution in [1.82, 2.24) is 5.32 Å². The van der Waals surface area contributed by atoms with E-state index >= 15 is 0 Å². The highest BCUT2D eigenvalue weighted by Gasteiger charge is 2.23. The molecule has 0 aromatic carbocycles. The number of hydrogen-bond acceptors (Lipinski definition) is 2. The number of alkyl carbamates (subject to hydrolysis) is 1. The van der Waals surface area contributed by atoms with E-state index in [1.807, 2.05) is 20.8 Å². The van der Waals surface area contributed by atoms with Crippen LogP contribution in [0.1, 0.15) is 40.0 Å². The zero-order valence-electron chi connectivity index (χ0n) is 8.02. The third-order valence-electron chi connectivity index (χ3n) is 1.80. The van der Waals surface area contributed by atoms with E-state index in [1.54, 1.807) is 0 Å². The molecule has 0 saturated heterocycles. The van der Waals surface area contributed by atoms with E-state index in [-0.39, 0.29) is 17.7 Å². The van der Waals surface area contributed by atoms with Gasteiger partial charge in [-0.2, -0.15) is 0 Å². The molecule has 0 aromatic heterocycles. The minimum Gasteiger partial charge on any atom is -0.446 e. The lowest BCUT2D eigenvalue weighted by molar-refractivity contribution is 0.0482. The molecule has 0 bridgehead atoms. The minimum atomic E-state index is -0.285. The van der Waals surface area contributed by atoms with Crippen molar-refractivity contribution in [2.24, 2.45) is 0 Å². The number of hydrogen-bond donors (Lipinski definition) is 1. The van der Waals surface area contributed by atoms with Crippen LogP contribution in [0.25, 0.3) is 0 Å². The molecule has 1 N–H and O–H groups in total. The first-order valence-corrected chi connectivity index (χ1v) is 4.46. The lowest BCUT2D eigenvalue weighted by atomic mass is 9.96. The van der Waals surface area contributed by atoms with Gasteiger partial charge >= 0.3 is 6.09 Å². The molecule has 1 amide bonds. The number of rotatable bonds is 1. The molecular weight excluding hydrogens is 154 g/mol. The Morgan fingerprint density at radius 3 is 2.33 bits per heavy atom. The zero-order chi connectivity index (χ0) is 9.19. The highest BCUT2D eigenvalue weighted by Crippen LogP contribution is 2.21. The number of nitrogens with one attached hydrogen (secondary N) is 1. The molecule has 0 atom stereocenters. The van der Waals surface area contributed by atoms with Gasteiger partial charge in [0.05, 0.1) is 0 Å². The largest absolute Gasteiger partial charge is 0.446 e. The third-order valence-corrected chi connectivity index (χ3v) is 1.80. The summed E-state index contributed by atoms with van der Waals surface area (Å²) < 4.78 is 5.11. The summed E-state index contributed by atoms with van der Waals surface area (Å²) in [5, 5.41) is 2.76. The van der Waals surface area contributed by atoms with E-state index in [4.69, 9.17) is 4.74 Å². The van der Waals surface area contributed by atoms with Gasteiger partial charge in [0.1, 0.15) is 6.10 Å². The molecule has 0 spiro atoms. The summed E-state index contributed by atoms with van der Waals surface area (Å²) in [5.41, 5.74) is -0.194. The van der Waals surface area contributed by atoms with Crippen LogP contribution in [-0.2, 0) is 4.74 Å². The number of carbonyl (C=O) groups excluding carboxylic acids is 1. The first kappa shape index (κ1) is 9.36. The van der Waals surface area contributed by atoms with E-state index in [0.29, 0.717) is 0 Å². The fraction of sp³-hybridized carbons (Fsp3) is 0.889. The number of amides is 1. The van der Waals surface area contributed by atoms with E-state index in [2.05, 4.69) is 5.32 Å². The first-order chi connectivity index (χ1) is 5.47. The summed E-state index contributed by atoms with van der Waals surface area (Å²) in [5.74, 6) is 0. The van der Waals surface area contributed by atoms with E-state index in [9.17, 15) is 4.79 Å². The Labute approximate surface area is 73.5 Å². The molecule has 70 valence electrons. The van der Waals surface area contributed by atoms with Crippen LogP contribution in [0.5, 0.6) is 0 Å². The van der Waals surface area contributed by atoms with Crippen LogP contribution in [0.4, 0.5) is 4.79 Å². The second kappa shape index (κ2) is 3.33. The predicted molar refractivity (Wildman–Crippen MR) is 47.0 cm³/mol. The first-order valence-electron chi connectivity index (χ1n) is 4.46. The normalized spacial score (nSPS) is 18.2. The molecule has 3 heteroatoms. The smallest absolute Gasteiger partial charge is 0.407 e. The Balaban J connectivity index is 2.19. The van der Waals surface area contributed by atoms with E-state index < -0.39 is 0 Å². The highest BCUT2D eigenvalue weighted by atomic mass is 16.6. The van der Waals surface area contributed by atoms with E-state index in [1.165, 1.54) is 6.42 Å². The summed E-state index contributed by atoms with van der Waals surface area (Å²) in [6.45, 7) is 5.82. The summed E-state index contributed by atoms with van der Waals surface area (Å²) in [6, 6.07) is 0. The van der Waals surface area contributed by atoms with Gasteiger partial charge in [-0.15, -0.1) is 0 Å². The van der Waals surface area contributed by atoms with Gasteiger partial charge in [-0.3, -0.25) is 0 Å². The quantitative estimate of drug-likeness (QED) is 0.655. The van der Waals surface area contributed by atoms with Crippen molar-refractivity contribution in [3.63, 3.8) is 0 Å². The van der Waals surface area contributed by atoms with Gasteiger partial charge in [-0.05, 0) is 40.0 Å². The summed E-state index contributed by atoms with van der Waals surface area (Å²) in [4.78, 5) is 11.1. The Bertz CT molecular complexity index is 168. The van der Waals surface area contributed by atoms with Crippen LogP contribution >= 0.6 is 0 Å². The summed E-state index contributed by atoms with van der Waals surface area (Å²) in [6.07, 6.45) is 3.13. The van der Waals surface area contributed by atoms with E-state index in [0.717, 1.165) is 12.8 Å². The monoisotopic (exact) mass is 171 g/mol. The van der Waals surface area contributed by atoms with Gasteiger partial charge in [0.25, 0.3) is 0 Å². The molecule has 0 heterocycles. The molecule has 1 saturated carbocycles. The lowest BCUT2D eigenvalue weighted by Gasteiger charge is -2.27. The molecule has 1 fully saturated rings. The van der Waals surface area contributed by atoms with Gasteiger partial charge in [0.15, 0.2) is 0 Å². The fourth-order valence-electron chi connectivity index (χ4n) is 0.976. The third kappa shape index (κ3) is 3.11. The molecule has 1 aliphatic carbocycles. The molecule has 0 radical (unpaired) electrons. The van der Waals surface area contributed by atoms with Crippen molar-refractivity contribution in [2.45, 2.75) is 51.7 Å². The fourth-order valence-corrected chi connectivity index (χ4v) is 0.976. The van der Waals surface area contributed by atoms with Gasteiger partial charge in [0.2, 0.25) is 0 Å². The van der Waals surface area contributed by atoms with Crippen molar-refractivity contribution in [1.29, 1.82) is 0 Å². The van der Waals surface area contributed by atoms with Crippen LogP contribution in [-0.4, -0.2) is 17.7 Å². The van der Waals surface area contributed by atoms with Gasteiger partial charge in [-0.1, -0.05) is 0 Å². The Kier molecular flexibility index (Phi) is 2.60. The second-order valence-electron chi connectivity index (χ2n) is 4.33. The predicted octanol–water partition coefficient (Wildman–Crippen LogP) is 2.06. The second-order valence-corrected chi connectivity index (χ2v) is 4.33. The van der Waals surface area contributed by atoms with Crippen LogP contribution in [0.2, 0.25) is 0 Å². The van der Waals surface area contributed by atoms with Crippen molar-refractivity contribution < 1.29 is 9.53 Å². The maximum atomic E-state index is 11.1. The Morgan fingerprint density at radius 1 is 1.42 bits per heavy atom. The van der Waals surface area contributed by atoms with Gasteiger partial charge in [0, 0.05) is 5.54 Å². The minimum absolute atomic E-state index is 0.173. The molecule has 0 aromatic rings. The maximum Gasteiger partial charge on any atom is 0.407 e. The van der Waals surface area contributed by atoms with Crippen molar-refractivity contribution in [3.8, 4) is 0 Å². The lowest BCUT2D eigenvalue weighted by Crippen LogP contribution is -2.43. The van der Waals surface area contributed by atoms with Crippen LogP contribution in [0.15, 0.2) is 0 Å². The molecular formula is C9H17NO2. The zero-order valence-corrected chi connectivity index (χ0v) is 8.02. The molecule has 0 aliphatic heterocycles. The SMILES string of the molecule is CC(C)(C)NC(=O)OC1CCC1.